The number of halogens is 4. The summed E-state index contributed by atoms with van der Waals surface area (Å²) in [5.41, 5.74) is -5.13. The Labute approximate surface area is 162 Å². The van der Waals surface area contributed by atoms with E-state index in [0.29, 0.717) is 19.8 Å². The van der Waals surface area contributed by atoms with Crippen molar-refractivity contribution in [3.63, 3.8) is 0 Å². The van der Waals surface area contributed by atoms with E-state index < -0.39 is 35.8 Å². The highest BCUT2D eigenvalue weighted by Gasteiger charge is 2.55. The monoisotopic (exact) mass is 404 g/mol. The van der Waals surface area contributed by atoms with Gasteiger partial charge in [-0.3, -0.25) is 4.68 Å². The van der Waals surface area contributed by atoms with Gasteiger partial charge in [-0.15, -0.1) is 0 Å². The van der Waals surface area contributed by atoms with Crippen molar-refractivity contribution in [2.45, 2.75) is 64.5 Å². The summed E-state index contributed by atoms with van der Waals surface area (Å²) in [4.78, 5) is 0. The molecule has 2 aliphatic heterocycles. The number of aromatic nitrogens is 2. The van der Waals surface area contributed by atoms with Gasteiger partial charge in [0, 0.05) is 31.5 Å². The van der Waals surface area contributed by atoms with Gasteiger partial charge in [0.05, 0.1) is 23.0 Å². The summed E-state index contributed by atoms with van der Waals surface area (Å²) >= 11 is 0. The van der Waals surface area contributed by atoms with Crippen molar-refractivity contribution in [3.05, 3.63) is 23.7 Å². The van der Waals surface area contributed by atoms with Crippen LogP contribution in [0.3, 0.4) is 0 Å². The fourth-order valence-corrected chi connectivity index (χ4v) is 3.29. The van der Waals surface area contributed by atoms with Crippen molar-refractivity contribution in [3.8, 4) is 0 Å². The van der Waals surface area contributed by atoms with Gasteiger partial charge in [-0.2, -0.15) is 18.3 Å². The summed E-state index contributed by atoms with van der Waals surface area (Å²) in [5, 5.41) is 4.00. The number of hydrogen-bond donors (Lipinski definition) is 0. The first kappa shape index (κ1) is 21.3. The molecule has 0 aliphatic carbocycles. The molecule has 0 aromatic carbocycles. The molecule has 5 nitrogen and oxygen atoms in total. The second kappa shape index (κ2) is 7.46. The molecule has 0 saturated carbocycles. The van der Waals surface area contributed by atoms with E-state index in [9.17, 15) is 17.6 Å². The first-order valence-corrected chi connectivity index (χ1v) is 9.34. The molecule has 0 unspecified atom stereocenters. The second-order valence-corrected chi connectivity index (χ2v) is 8.32. The lowest BCUT2D eigenvalue weighted by molar-refractivity contribution is -0.0699. The van der Waals surface area contributed by atoms with E-state index in [4.69, 9.17) is 14.0 Å². The van der Waals surface area contributed by atoms with E-state index in [1.165, 1.54) is 10.9 Å². The number of hydrogen-bond acceptors (Lipinski definition) is 4. The first-order chi connectivity index (χ1) is 12.9. The lowest BCUT2D eigenvalue weighted by Gasteiger charge is -2.32. The van der Waals surface area contributed by atoms with Crippen LogP contribution in [0.2, 0.25) is 0 Å². The van der Waals surface area contributed by atoms with Gasteiger partial charge < -0.3 is 14.0 Å². The Hall–Kier alpha value is -1.39. The van der Waals surface area contributed by atoms with Gasteiger partial charge in [-0.05, 0) is 46.5 Å². The molecule has 0 radical (unpaired) electrons. The third-order valence-electron chi connectivity index (χ3n) is 5.69. The molecular weight excluding hydrogens is 379 g/mol. The maximum Gasteiger partial charge on any atom is 0.525 e. The molecule has 2 aliphatic rings. The van der Waals surface area contributed by atoms with E-state index in [2.05, 4.69) is 5.10 Å². The van der Waals surface area contributed by atoms with Crippen LogP contribution in [0.25, 0.3) is 5.57 Å². The van der Waals surface area contributed by atoms with Crippen LogP contribution in [-0.4, -0.2) is 47.5 Å². The minimum absolute atomic E-state index is 0.271. The van der Waals surface area contributed by atoms with Crippen LogP contribution < -0.4 is 0 Å². The summed E-state index contributed by atoms with van der Waals surface area (Å²) in [6.07, 6.45) is -1.02. The fourth-order valence-electron chi connectivity index (χ4n) is 3.29. The minimum Gasteiger partial charge on any atom is -0.398 e. The van der Waals surface area contributed by atoms with E-state index >= 15 is 0 Å². The molecule has 0 atom stereocenters. The molecule has 0 spiro atoms. The van der Waals surface area contributed by atoms with Crippen LogP contribution >= 0.6 is 0 Å². The molecular formula is C18H25BF4N2O3. The first-order valence-electron chi connectivity index (χ1n) is 9.34. The van der Waals surface area contributed by atoms with Gasteiger partial charge in [0.25, 0.3) is 0 Å². The largest absolute Gasteiger partial charge is 0.525 e. The highest BCUT2D eigenvalue weighted by atomic mass is 19.4. The third-order valence-corrected chi connectivity index (χ3v) is 5.69. The lowest BCUT2D eigenvalue weighted by Crippen LogP contribution is -2.41. The van der Waals surface area contributed by atoms with Crippen LogP contribution in [0.1, 0.15) is 46.1 Å². The molecule has 10 heteroatoms. The normalized spacial score (nSPS) is 23.8. The lowest BCUT2D eigenvalue weighted by atomic mass is 9.83. The molecule has 0 amide bonds. The van der Waals surface area contributed by atoms with Crippen molar-refractivity contribution in [1.82, 2.24) is 9.78 Å². The SMILES string of the molecule is CC1(C)OB(C(F)=C(c2cnn(CC3CCOCC3)c2)C(F)(F)F)OC1(C)C. The Balaban J connectivity index is 1.88. The maximum absolute atomic E-state index is 15.0. The molecule has 1 aromatic heterocycles. The molecule has 3 heterocycles. The van der Waals surface area contributed by atoms with Crippen LogP contribution in [0, 0.1) is 5.92 Å². The van der Waals surface area contributed by atoms with E-state index in [1.54, 1.807) is 27.7 Å². The molecule has 0 N–H and O–H groups in total. The van der Waals surface area contributed by atoms with Gasteiger partial charge in [0.1, 0.15) is 5.73 Å². The second-order valence-electron chi connectivity index (χ2n) is 8.32. The van der Waals surface area contributed by atoms with Gasteiger partial charge in [-0.1, -0.05) is 0 Å². The highest BCUT2D eigenvalue weighted by molar-refractivity contribution is 6.55. The Morgan fingerprint density at radius 2 is 1.75 bits per heavy atom. The average Bonchev–Trinajstić information content (AvgIpc) is 3.09. The van der Waals surface area contributed by atoms with Crippen molar-refractivity contribution in [2.24, 2.45) is 5.92 Å². The number of ether oxygens (including phenoxy) is 1. The molecule has 3 rings (SSSR count). The zero-order valence-corrected chi connectivity index (χ0v) is 16.5. The predicted octanol–water partition coefficient (Wildman–Crippen LogP) is 4.18. The number of rotatable bonds is 4. The van der Waals surface area contributed by atoms with Gasteiger partial charge in [-0.25, -0.2) is 4.39 Å². The maximum atomic E-state index is 15.0. The smallest absolute Gasteiger partial charge is 0.398 e. The summed E-state index contributed by atoms with van der Waals surface area (Å²) in [5.74, 6) is 0.271. The summed E-state index contributed by atoms with van der Waals surface area (Å²) in [7, 11) is -1.72. The molecule has 2 saturated heterocycles. The Morgan fingerprint density at radius 1 is 1.18 bits per heavy atom. The summed E-state index contributed by atoms with van der Waals surface area (Å²) < 4.78 is 73.7. The van der Waals surface area contributed by atoms with Crippen molar-refractivity contribution >= 4 is 12.7 Å². The van der Waals surface area contributed by atoms with E-state index in [0.717, 1.165) is 19.0 Å². The third kappa shape index (κ3) is 4.28. The minimum atomic E-state index is -4.92. The highest BCUT2D eigenvalue weighted by Crippen LogP contribution is 2.43. The van der Waals surface area contributed by atoms with Crippen LogP contribution in [-0.2, 0) is 20.6 Å². The topological polar surface area (TPSA) is 45.5 Å². The van der Waals surface area contributed by atoms with E-state index in [1.807, 2.05) is 0 Å². The fraction of sp³-hybridized carbons (Fsp3) is 0.722. The van der Waals surface area contributed by atoms with Gasteiger partial charge in [0.2, 0.25) is 0 Å². The van der Waals surface area contributed by atoms with Gasteiger partial charge in [0.15, 0.2) is 0 Å². The van der Waals surface area contributed by atoms with E-state index in [-0.39, 0.29) is 11.5 Å². The molecule has 0 bridgehead atoms. The van der Waals surface area contributed by atoms with Crippen LogP contribution in [0.5, 0.6) is 0 Å². The van der Waals surface area contributed by atoms with Crippen LogP contribution in [0.15, 0.2) is 18.1 Å². The summed E-state index contributed by atoms with van der Waals surface area (Å²) in [6, 6.07) is 0. The standard InChI is InChI=1S/C18H25BF4N2O3/c1-16(2)17(3,4)28-19(27-16)15(20)14(18(21,22)23)13-9-24-25(11-13)10-12-5-7-26-8-6-12/h9,11-12H,5-8,10H2,1-4H3. The molecule has 2 fully saturated rings. The van der Waals surface area contributed by atoms with Crippen molar-refractivity contribution < 1.29 is 31.6 Å². The van der Waals surface area contributed by atoms with Crippen molar-refractivity contribution in [1.29, 1.82) is 0 Å². The zero-order chi connectivity index (χ0) is 20.7. The number of alkyl halides is 3. The summed E-state index contributed by atoms with van der Waals surface area (Å²) in [6.45, 7) is 8.33. The molecule has 28 heavy (non-hydrogen) atoms. The number of allylic oxidation sites excluding steroid dienone is 1. The Morgan fingerprint density at radius 3 is 2.29 bits per heavy atom. The van der Waals surface area contributed by atoms with Crippen LogP contribution in [0.4, 0.5) is 17.6 Å². The quantitative estimate of drug-likeness (QED) is 0.558. The predicted molar refractivity (Wildman–Crippen MR) is 95.9 cm³/mol. The average molecular weight is 404 g/mol. The number of nitrogens with zero attached hydrogens (tertiary/aromatic N) is 2. The molecule has 156 valence electrons. The molecule has 1 aromatic rings. The van der Waals surface area contributed by atoms with Gasteiger partial charge >= 0.3 is 13.3 Å². The van der Waals surface area contributed by atoms with Crippen molar-refractivity contribution in [2.75, 3.05) is 13.2 Å². The Kier molecular flexibility index (Phi) is 5.68. The zero-order valence-electron chi connectivity index (χ0n) is 16.5. The Bertz CT molecular complexity index is 723.